The molecule has 0 aliphatic heterocycles. The molecule has 0 unspecified atom stereocenters. The van der Waals surface area contributed by atoms with Crippen LogP contribution in [-0.2, 0) is 0 Å². The van der Waals surface area contributed by atoms with Crippen molar-refractivity contribution >= 4 is 35.0 Å². The summed E-state index contributed by atoms with van der Waals surface area (Å²) in [5.74, 6) is 0.741. The van der Waals surface area contributed by atoms with Gasteiger partial charge in [0.1, 0.15) is 0 Å². The van der Waals surface area contributed by atoms with Gasteiger partial charge in [0.05, 0.1) is 15.5 Å². The van der Waals surface area contributed by atoms with Crippen LogP contribution < -0.4 is 0 Å². The van der Waals surface area contributed by atoms with Gasteiger partial charge >= 0.3 is 0 Å². The molecule has 0 spiro atoms. The van der Waals surface area contributed by atoms with Crippen molar-refractivity contribution in [3.63, 3.8) is 0 Å². The summed E-state index contributed by atoms with van der Waals surface area (Å²) in [5.41, 5.74) is 0.167. The molecule has 0 saturated carbocycles. The lowest BCUT2D eigenvalue weighted by Crippen LogP contribution is -2.35. The van der Waals surface area contributed by atoms with E-state index in [0.717, 1.165) is 12.2 Å². The van der Waals surface area contributed by atoms with Gasteiger partial charge in [0.25, 0.3) is 11.6 Å². The minimum Gasteiger partial charge on any atom is -0.339 e. The SMILES string of the molecule is CSCC[C@H](C)N(C)C(=O)c1ccc([N+](=O)[O-])cc1Cl. The van der Waals surface area contributed by atoms with E-state index in [1.54, 1.807) is 23.7 Å². The number of hydrogen-bond acceptors (Lipinski definition) is 4. The minimum absolute atomic E-state index is 0.0845. The fourth-order valence-corrected chi connectivity index (χ4v) is 2.50. The minimum atomic E-state index is -0.537. The molecule has 0 saturated heterocycles. The van der Waals surface area contributed by atoms with Crippen LogP contribution in [0.15, 0.2) is 18.2 Å². The number of benzene rings is 1. The Kier molecular flexibility index (Phi) is 6.29. The maximum atomic E-state index is 12.3. The summed E-state index contributed by atoms with van der Waals surface area (Å²) in [5, 5.41) is 10.7. The smallest absolute Gasteiger partial charge is 0.270 e. The number of rotatable bonds is 6. The van der Waals surface area contributed by atoms with E-state index < -0.39 is 4.92 Å². The molecule has 0 aliphatic rings. The average Bonchev–Trinajstić information content (AvgIpc) is 2.42. The third-order valence-electron chi connectivity index (χ3n) is 3.12. The zero-order valence-corrected chi connectivity index (χ0v) is 13.2. The molecule has 0 radical (unpaired) electrons. The monoisotopic (exact) mass is 316 g/mol. The first-order valence-corrected chi connectivity index (χ1v) is 7.85. The van der Waals surface area contributed by atoms with Gasteiger partial charge in [0.15, 0.2) is 0 Å². The van der Waals surface area contributed by atoms with Crippen molar-refractivity contribution < 1.29 is 9.72 Å². The van der Waals surface area contributed by atoms with E-state index in [-0.39, 0.29) is 28.2 Å². The Balaban J connectivity index is 2.89. The highest BCUT2D eigenvalue weighted by Gasteiger charge is 2.21. The zero-order valence-electron chi connectivity index (χ0n) is 11.6. The summed E-state index contributed by atoms with van der Waals surface area (Å²) in [4.78, 5) is 24.0. The number of nitro benzene ring substituents is 1. The average molecular weight is 317 g/mol. The molecular weight excluding hydrogens is 300 g/mol. The normalized spacial score (nSPS) is 12.0. The number of nitro groups is 1. The van der Waals surface area contributed by atoms with Crippen LogP contribution >= 0.6 is 23.4 Å². The van der Waals surface area contributed by atoms with Crippen LogP contribution in [0.1, 0.15) is 23.7 Å². The highest BCUT2D eigenvalue weighted by molar-refractivity contribution is 7.98. The first-order chi connectivity index (χ1) is 9.38. The van der Waals surface area contributed by atoms with Crippen LogP contribution in [0, 0.1) is 10.1 Å². The molecule has 0 bridgehead atoms. The molecule has 1 aromatic rings. The number of halogens is 1. The Morgan fingerprint density at radius 2 is 2.20 bits per heavy atom. The highest BCUT2D eigenvalue weighted by Crippen LogP contribution is 2.24. The largest absolute Gasteiger partial charge is 0.339 e. The Labute approximate surface area is 127 Å². The van der Waals surface area contributed by atoms with Gasteiger partial charge < -0.3 is 4.90 Å². The van der Waals surface area contributed by atoms with Crippen molar-refractivity contribution in [1.82, 2.24) is 4.90 Å². The summed E-state index contributed by atoms with van der Waals surface area (Å²) in [6.07, 6.45) is 2.90. The first-order valence-electron chi connectivity index (χ1n) is 6.08. The van der Waals surface area contributed by atoms with E-state index in [1.807, 2.05) is 13.2 Å². The van der Waals surface area contributed by atoms with Crippen LogP contribution in [0.5, 0.6) is 0 Å². The maximum Gasteiger partial charge on any atom is 0.270 e. The Morgan fingerprint density at radius 1 is 1.55 bits per heavy atom. The van der Waals surface area contributed by atoms with E-state index in [2.05, 4.69) is 0 Å². The van der Waals surface area contributed by atoms with Crippen molar-refractivity contribution in [3.05, 3.63) is 38.9 Å². The zero-order chi connectivity index (χ0) is 15.3. The van der Waals surface area contributed by atoms with E-state index in [9.17, 15) is 14.9 Å². The molecule has 1 rings (SSSR count). The van der Waals surface area contributed by atoms with Gasteiger partial charge in [-0.1, -0.05) is 11.6 Å². The number of amides is 1. The van der Waals surface area contributed by atoms with Crippen LogP contribution in [0.3, 0.4) is 0 Å². The summed E-state index contributed by atoms with van der Waals surface area (Å²) in [6.45, 7) is 1.97. The summed E-state index contributed by atoms with van der Waals surface area (Å²) < 4.78 is 0. The quantitative estimate of drug-likeness (QED) is 0.595. The van der Waals surface area contributed by atoms with E-state index in [4.69, 9.17) is 11.6 Å². The van der Waals surface area contributed by atoms with Gasteiger partial charge in [-0.15, -0.1) is 0 Å². The van der Waals surface area contributed by atoms with Gasteiger partial charge in [-0.3, -0.25) is 14.9 Å². The fraction of sp³-hybridized carbons (Fsp3) is 0.462. The summed E-state index contributed by atoms with van der Waals surface area (Å²) in [7, 11) is 1.71. The van der Waals surface area contributed by atoms with E-state index in [1.165, 1.54) is 18.2 Å². The van der Waals surface area contributed by atoms with Crippen molar-refractivity contribution in [2.75, 3.05) is 19.1 Å². The lowest BCUT2D eigenvalue weighted by atomic mass is 10.1. The molecule has 0 fully saturated rings. The first kappa shape index (κ1) is 16.8. The number of nitrogens with zero attached hydrogens (tertiary/aromatic N) is 2. The lowest BCUT2D eigenvalue weighted by molar-refractivity contribution is -0.384. The topological polar surface area (TPSA) is 63.5 Å². The molecule has 7 heteroatoms. The molecule has 110 valence electrons. The maximum absolute atomic E-state index is 12.3. The van der Waals surface area contributed by atoms with Crippen LogP contribution in [-0.4, -0.2) is 40.8 Å². The molecule has 0 N–H and O–H groups in total. The summed E-state index contributed by atoms with van der Waals surface area (Å²) >= 11 is 7.69. The molecule has 20 heavy (non-hydrogen) atoms. The van der Waals surface area contributed by atoms with E-state index in [0.29, 0.717) is 0 Å². The van der Waals surface area contributed by atoms with Gasteiger partial charge in [0.2, 0.25) is 0 Å². The van der Waals surface area contributed by atoms with Crippen LogP contribution in [0.4, 0.5) is 5.69 Å². The predicted octanol–water partition coefficient (Wildman–Crippen LogP) is 3.46. The number of carbonyl (C=O) groups is 1. The third kappa shape index (κ3) is 4.11. The molecule has 1 amide bonds. The second-order valence-electron chi connectivity index (χ2n) is 4.47. The molecule has 5 nitrogen and oxygen atoms in total. The molecule has 1 atom stereocenters. The third-order valence-corrected chi connectivity index (χ3v) is 4.07. The molecule has 1 aromatic carbocycles. The Morgan fingerprint density at radius 3 is 2.70 bits per heavy atom. The van der Waals surface area contributed by atoms with Crippen molar-refractivity contribution in [3.8, 4) is 0 Å². The van der Waals surface area contributed by atoms with Crippen LogP contribution in [0.25, 0.3) is 0 Å². The van der Waals surface area contributed by atoms with Gasteiger partial charge in [0, 0.05) is 25.2 Å². The Hall–Kier alpha value is -1.27. The van der Waals surface area contributed by atoms with Crippen molar-refractivity contribution in [2.45, 2.75) is 19.4 Å². The standard InChI is InChI=1S/C13H17ClN2O3S/c1-9(6-7-20-3)15(2)13(17)11-5-4-10(16(18)19)8-12(11)14/h4-5,8-9H,6-7H2,1-3H3/t9-/m0/s1. The molecular formula is C13H17ClN2O3S. The molecule has 0 aliphatic carbocycles. The van der Waals surface area contributed by atoms with Gasteiger partial charge in [-0.25, -0.2) is 0 Å². The second kappa shape index (κ2) is 7.50. The highest BCUT2D eigenvalue weighted by atomic mass is 35.5. The second-order valence-corrected chi connectivity index (χ2v) is 5.86. The van der Waals surface area contributed by atoms with Gasteiger partial charge in [-0.05, 0) is 31.4 Å². The number of thioether (sulfide) groups is 1. The fourth-order valence-electron chi connectivity index (χ4n) is 1.66. The van der Waals surface area contributed by atoms with Gasteiger partial charge in [-0.2, -0.15) is 11.8 Å². The number of carbonyl (C=O) groups excluding carboxylic acids is 1. The lowest BCUT2D eigenvalue weighted by Gasteiger charge is -2.25. The number of non-ortho nitro benzene ring substituents is 1. The van der Waals surface area contributed by atoms with E-state index >= 15 is 0 Å². The molecule has 0 aromatic heterocycles. The predicted molar refractivity (Wildman–Crippen MR) is 82.7 cm³/mol. The number of hydrogen-bond donors (Lipinski definition) is 0. The van der Waals surface area contributed by atoms with Crippen molar-refractivity contribution in [2.24, 2.45) is 0 Å². The van der Waals surface area contributed by atoms with Crippen molar-refractivity contribution in [1.29, 1.82) is 0 Å². The molecule has 0 heterocycles. The Bertz CT molecular complexity index is 510. The van der Waals surface area contributed by atoms with Crippen LogP contribution in [0.2, 0.25) is 5.02 Å². The summed E-state index contributed by atoms with van der Waals surface area (Å²) in [6, 6.07) is 3.98.